The zero-order valence-corrected chi connectivity index (χ0v) is 9.03. The molecule has 0 N–H and O–H groups in total. The van der Waals surface area contributed by atoms with Crippen LogP contribution in [0.15, 0.2) is 18.5 Å². The van der Waals surface area contributed by atoms with Gasteiger partial charge in [0.05, 0.1) is 0 Å². The standard InChI is InChI=1S/C12H18N2/c1-10-7-11(9-13-8-10)12-5-3-4-6-14(12)2/h7-9,12H,3-6H2,1-2H3/t12-/m1/s1. The summed E-state index contributed by atoms with van der Waals surface area (Å²) in [6.45, 7) is 3.33. The lowest BCUT2D eigenvalue weighted by atomic mass is 9.96. The Morgan fingerprint density at radius 1 is 1.36 bits per heavy atom. The van der Waals surface area contributed by atoms with E-state index in [0.29, 0.717) is 6.04 Å². The second kappa shape index (κ2) is 4.09. The summed E-state index contributed by atoms with van der Waals surface area (Å²) < 4.78 is 0. The molecule has 14 heavy (non-hydrogen) atoms. The van der Waals surface area contributed by atoms with Gasteiger partial charge in [-0.05, 0) is 44.5 Å². The van der Waals surface area contributed by atoms with Crippen molar-refractivity contribution in [1.82, 2.24) is 9.88 Å². The summed E-state index contributed by atoms with van der Waals surface area (Å²) in [5, 5.41) is 0. The fraction of sp³-hybridized carbons (Fsp3) is 0.583. The molecule has 0 radical (unpaired) electrons. The van der Waals surface area contributed by atoms with E-state index >= 15 is 0 Å². The molecule has 0 unspecified atom stereocenters. The van der Waals surface area contributed by atoms with Crippen molar-refractivity contribution in [1.29, 1.82) is 0 Å². The van der Waals surface area contributed by atoms with Gasteiger partial charge >= 0.3 is 0 Å². The number of rotatable bonds is 1. The van der Waals surface area contributed by atoms with Crippen LogP contribution >= 0.6 is 0 Å². The highest BCUT2D eigenvalue weighted by molar-refractivity contribution is 5.20. The van der Waals surface area contributed by atoms with Crippen LogP contribution in [0.5, 0.6) is 0 Å². The third kappa shape index (κ3) is 1.95. The highest BCUT2D eigenvalue weighted by atomic mass is 15.1. The van der Waals surface area contributed by atoms with E-state index in [9.17, 15) is 0 Å². The maximum Gasteiger partial charge on any atom is 0.0360 e. The van der Waals surface area contributed by atoms with Gasteiger partial charge in [-0.1, -0.05) is 12.5 Å². The molecule has 0 bridgehead atoms. The zero-order chi connectivity index (χ0) is 9.97. The molecule has 0 saturated carbocycles. The zero-order valence-electron chi connectivity index (χ0n) is 9.03. The van der Waals surface area contributed by atoms with Crippen molar-refractivity contribution in [3.8, 4) is 0 Å². The van der Waals surface area contributed by atoms with Gasteiger partial charge in [-0.15, -0.1) is 0 Å². The van der Waals surface area contributed by atoms with Crippen LogP contribution in [0, 0.1) is 6.92 Å². The highest BCUT2D eigenvalue weighted by Gasteiger charge is 2.20. The van der Waals surface area contributed by atoms with Crippen molar-refractivity contribution < 1.29 is 0 Å². The second-order valence-corrected chi connectivity index (χ2v) is 4.29. The van der Waals surface area contributed by atoms with Crippen molar-refractivity contribution in [3.05, 3.63) is 29.6 Å². The van der Waals surface area contributed by atoms with Crippen LogP contribution in [0.1, 0.15) is 36.4 Å². The Hall–Kier alpha value is -0.890. The summed E-state index contributed by atoms with van der Waals surface area (Å²) in [5.41, 5.74) is 2.65. The molecule has 2 heteroatoms. The summed E-state index contributed by atoms with van der Waals surface area (Å²) in [6, 6.07) is 2.86. The first kappa shape index (κ1) is 9.66. The van der Waals surface area contributed by atoms with Gasteiger partial charge in [0.2, 0.25) is 0 Å². The van der Waals surface area contributed by atoms with Crippen LogP contribution in [0.25, 0.3) is 0 Å². The summed E-state index contributed by atoms with van der Waals surface area (Å²) >= 11 is 0. The molecule has 1 fully saturated rings. The Kier molecular flexibility index (Phi) is 2.82. The van der Waals surface area contributed by atoms with Crippen LogP contribution in [0.4, 0.5) is 0 Å². The van der Waals surface area contributed by atoms with Crippen LogP contribution in [-0.4, -0.2) is 23.5 Å². The fourth-order valence-electron chi connectivity index (χ4n) is 2.26. The van der Waals surface area contributed by atoms with Crippen molar-refractivity contribution in [3.63, 3.8) is 0 Å². The third-order valence-electron chi connectivity index (χ3n) is 3.05. The molecule has 2 nitrogen and oxygen atoms in total. The number of piperidine rings is 1. The van der Waals surface area contributed by atoms with Gasteiger partial charge in [-0.2, -0.15) is 0 Å². The lowest BCUT2D eigenvalue weighted by Gasteiger charge is -2.32. The lowest BCUT2D eigenvalue weighted by Crippen LogP contribution is -2.29. The smallest absolute Gasteiger partial charge is 0.0360 e. The molecular formula is C12H18N2. The molecule has 0 aliphatic carbocycles. The molecule has 0 aromatic carbocycles. The molecule has 1 aliphatic heterocycles. The van der Waals surface area contributed by atoms with Gasteiger partial charge in [0, 0.05) is 18.4 Å². The number of nitrogens with zero attached hydrogens (tertiary/aromatic N) is 2. The minimum absolute atomic E-state index is 0.594. The predicted octanol–water partition coefficient (Wildman–Crippen LogP) is 2.55. The summed E-state index contributed by atoms with van der Waals surface area (Å²) in [5.74, 6) is 0. The number of hydrogen-bond donors (Lipinski definition) is 0. The predicted molar refractivity (Wildman–Crippen MR) is 58.2 cm³/mol. The van der Waals surface area contributed by atoms with Crippen LogP contribution in [0.3, 0.4) is 0 Å². The Morgan fingerprint density at radius 2 is 2.21 bits per heavy atom. The number of aromatic nitrogens is 1. The maximum atomic E-state index is 4.27. The van der Waals surface area contributed by atoms with Gasteiger partial charge < -0.3 is 0 Å². The molecule has 1 aliphatic rings. The van der Waals surface area contributed by atoms with E-state index in [1.807, 2.05) is 12.4 Å². The van der Waals surface area contributed by atoms with Gasteiger partial charge in [-0.25, -0.2) is 0 Å². The Morgan fingerprint density at radius 3 is 2.93 bits per heavy atom. The van der Waals surface area contributed by atoms with Crippen molar-refractivity contribution in [2.75, 3.05) is 13.6 Å². The van der Waals surface area contributed by atoms with Crippen molar-refractivity contribution in [2.24, 2.45) is 0 Å². The van der Waals surface area contributed by atoms with Crippen molar-refractivity contribution in [2.45, 2.75) is 32.2 Å². The average Bonchev–Trinajstić information content (AvgIpc) is 2.18. The van der Waals surface area contributed by atoms with Crippen LogP contribution in [-0.2, 0) is 0 Å². The van der Waals surface area contributed by atoms with E-state index in [-0.39, 0.29) is 0 Å². The minimum atomic E-state index is 0.594. The number of aryl methyl sites for hydroxylation is 1. The quantitative estimate of drug-likeness (QED) is 0.676. The first-order valence-electron chi connectivity index (χ1n) is 5.39. The summed E-state index contributed by atoms with van der Waals surface area (Å²) in [6.07, 6.45) is 7.91. The largest absolute Gasteiger partial charge is 0.299 e. The van der Waals surface area contributed by atoms with Gasteiger partial charge in [0.1, 0.15) is 0 Å². The highest BCUT2D eigenvalue weighted by Crippen LogP contribution is 2.29. The summed E-state index contributed by atoms with van der Waals surface area (Å²) in [4.78, 5) is 6.71. The molecule has 2 heterocycles. The van der Waals surface area contributed by atoms with E-state index in [4.69, 9.17) is 0 Å². The van der Waals surface area contributed by atoms with Crippen LogP contribution < -0.4 is 0 Å². The molecule has 1 saturated heterocycles. The Bertz CT molecular complexity index is 309. The maximum absolute atomic E-state index is 4.27. The van der Waals surface area contributed by atoms with Gasteiger partial charge in [0.15, 0.2) is 0 Å². The Balaban J connectivity index is 2.20. The topological polar surface area (TPSA) is 16.1 Å². The molecule has 1 atom stereocenters. The molecular weight excluding hydrogens is 172 g/mol. The van der Waals surface area contributed by atoms with Crippen molar-refractivity contribution >= 4 is 0 Å². The SMILES string of the molecule is Cc1cncc([C@H]2CCCCN2C)c1. The van der Waals surface area contributed by atoms with E-state index in [0.717, 1.165) is 0 Å². The molecule has 2 rings (SSSR count). The van der Waals surface area contributed by atoms with Crippen LogP contribution in [0.2, 0.25) is 0 Å². The number of pyridine rings is 1. The average molecular weight is 190 g/mol. The monoisotopic (exact) mass is 190 g/mol. The first-order chi connectivity index (χ1) is 6.77. The molecule has 0 amide bonds. The fourth-order valence-corrected chi connectivity index (χ4v) is 2.26. The van der Waals surface area contributed by atoms with E-state index in [2.05, 4.69) is 29.9 Å². The van der Waals surface area contributed by atoms with E-state index < -0.39 is 0 Å². The molecule has 0 spiro atoms. The number of hydrogen-bond acceptors (Lipinski definition) is 2. The van der Waals surface area contributed by atoms with Gasteiger partial charge in [0.25, 0.3) is 0 Å². The van der Waals surface area contributed by atoms with E-state index in [1.54, 1.807) is 0 Å². The molecule has 76 valence electrons. The Labute approximate surface area is 86.0 Å². The minimum Gasteiger partial charge on any atom is -0.299 e. The lowest BCUT2D eigenvalue weighted by molar-refractivity contribution is 0.187. The molecule has 1 aromatic heterocycles. The third-order valence-corrected chi connectivity index (χ3v) is 3.05. The van der Waals surface area contributed by atoms with Gasteiger partial charge in [-0.3, -0.25) is 9.88 Å². The summed E-state index contributed by atoms with van der Waals surface area (Å²) in [7, 11) is 2.21. The number of likely N-dealkylation sites (tertiary alicyclic amines) is 1. The molecule has 1 aromatic rings. The van der Waals surface area contributed by atoms with E-state index in [1.165, 1.54) is 36.9 Å². The normalized spacial score (nSPS) is 23.7. The first-order valence-corrected chi connectivity index (χ1v) is 5.39. The second-order valence-electron chi connectivity index (χ2n) is 4.29.